The standard InChI is InChI=1S/C20H31N5O5/c1-12(2)17(21)19(28)25-16(5-4-10-23-20(22)29)18(27)24-15-8-6-14(7-9-15)11-30-13(3)26/h6-9,12,16-17H,4-5,10-11,21H2,1-3H3,(H,24,27)(H,25,28)(H3,22,23,29)/t16-,17-/m0/s1. The summed E-state index contributed by atoms with van der Waals surface area (Å²) >= 11 is 0. The molecule has 1 aromatic rings. The molecule has 0 unspecified atom stereocenters. The molecule has 10 nitrogen and oxygen atoms in total. The fourth-order valence-corrected chi connectivity index (χ4v) is 2.46. The smallest absolute Gasteiger partial charge is 0.312 e. The van der Waals surface area contributed by atoms with Gasteiger partial charge in [0.1, 0.15) is 12.6 Å². The van der Waals surface area contributed by atoms with Crippen LogP contribution in [0.15, 0.2) is 24.3 Å². The van der Waals surface area contributed by atoms with Crippen LogP contribution in [0.5, 0.6) is 0 Å². The van der Waals surface area contributed by atoms with Gasteiger partial charge in [-0.2, -0.15) is 0 Å². The Morgan fingerprint density at radius 1 is 1.07 bits per heavy atom. The minimum atomic E-state index is -0.835. The third-order valence-corrected chi connectivity index (χ3v) is 4.29. The van der Waals surface area contributed by atoms with Crippen molar-refractivity contribution in [1.82, 2.24) is 10.6 Å². The molecule has 1 aromatic carbocycles. The van der Waals surface area contributed by atoms with Crippen LogP contribution in [0.25, 0.3) is 0 Å². The van der Waals surface area contributed by atoms with Gasteiger partial charge in [-0.15, -0.1) is 0 Å². The third-order valence-electron chi connectivity index (χ3n) is 4.29. The summed E-state index contributed by atoms with van der Waals surface area (Å²) in [4.78, 5) is 46.7. The lowest BCUT2D eigenvalue weighted by atomic mass is 10.0. The van der Waals surface area contributed by atoms with E-state index in [1.54, 1.807) is 24.3 Å². The van der Waals surface area contributed by atoms with Crippen LogP contribution in [0.2, 0.25) is 0 Å². The second-order valence-corrected chi connectivity index (χ2v) is 7.23. The molecule has 0 saturated heterocycles. The van der Waals surface area contributed by atoms with Crippen molar-refractivity contribution in [3.05, 3.63) is 29.8 Å². The predicted molar refractivity (Wildman–Crippen MR) is 112 cm³/mol. The number of anilines is 1. The normalized spacial score (nSPS) is 12.6. The van der Waals surface area contributed by atoms with Gasteiger partial charge >= 0.3 is 12.0 Å². The van der Waals surface area contributed by atoms with E-state index in [2.05, 4.69) is 16.0 Å². The number of primary amides is 1. The Morgan fingerprint density at radius 2 is 1.70 bits per heavy atom. The Balaban J connectivity index is 2.75. The molecule has 30 heavy (non-hydrogen) atoms. The van der Waals surface area contributed by atoms with Crippen molar-refractivity contribution >= 4 is 29.5 Å². The van der Waals surface area contributed by atoms with Gasteiger partial charge in [0.05, 0.1) is 6.04 Å². The highest BCUT2D eigenvalue weighted by molar-refractivity contribution is 5.97. The highest BCUT2D eigenvalue weighted by atomic mass is 16.5. The molecule has 0 aromatic heterocycles. The average molecular weight is 421 g/mol. The second-order valence-electron chi connectivity index (χ2n) is 7.23. The zero-order valence-electron chi connectivity index (χ0n) is 17.6. The van der Waals surface area contributed by atoms with Crippen molar-refractivity contribution in [3.8, 4) is 0 Å². The molecule has 2 atom stereocenters. The number of rotatable bonds is 11. The summed E-state index contributed by atoms with van der Waals surface area (Å²) < 4.78 is 4.92. The summed E-state index contributed by atoms with van der Waals surface area (Å²) in [7, 11) is 0. The fourth-order valence-electron chi connectivity index (χ4n) is 2.46. The van der Waals surface area contributed by atoms with Crippen molar-refractivity contribution in [2.45, 2.75) is 52.3 Å². The molecule has 0 spiro atoms. The lowest BCUT2D eigenvalue weighted by molar-refractivity contribution is -0.142. The fraction of sp³-hybridized carbons (Fsp3) is 0.500. The van der Waals surface area contributed by atoms with Crippen molar-refractivity contribution in [3.63, 3.8) is 0 Å². The number of nitrogens with one attached hydrogen (secondary N) is 3. The molecule has 0 saturated carbocycles. The summed E-state index contributed by atoms with van der Waals surface area (Å²) in [5.74, 6) is -1.30. The summed E-state index contributed by atoms with van der Waals surface area (Å²) in [5.41, 5.74) is 12.2. The maximum Gasteiger partial charge on any atom is 0.312 e. The maximum absolute atomic E-state index is 12.7. The Morgan fingerprint density at radius 3 is 2.23 bits per heavy atom. The highest BCUT2D eigenvalue weighted by Crippen LogP contribution is 2.12. The number of nitrogens with two attached hydrogens (primary N) is 2. The summed E-state index contributed by atoms with van der Waals surface area (Å²) in [6, 6.07) is 4.54. The summed E-state index contributed by atoms with van der Waals surface area (Å²) in [6.45, 7) is 5.37. The topological polar surface area (TPSA) is 166 Å². The molecule has 0 aliphatic carbocycles. The van der Waals surface area contributed by atoms with E-state index in [1.165, 1.54) is 6.92 Å². The quantitative estimate of drug-likeness (QED) is 0.259. The van der Waals surface area contributed by atoms with Gasteiger partial charge in [-0.3, -0.25) is 14.4 Å². The van der Waals surface area contributed by atoms with Crippen LogP contribution in [0.4, 0.5) is 10.5 Å². The van der Waals surface area contributed by atoms with Gasteiger partial charge in [-0.1, -0.05) is 26.0 Å². The molecule has 166 valence electrons. The maximum atomic E-state index is 12.7. The van der Waals surface area contributed by atoms with Gasteiger partial charge in [-0.05, 0) is 36.5 Å². The molecule has 0 aliphatic rings. The Hall–Kier alpha value is -3.14. The monoisotopic (exact) mass is 421 g/mol. The first-order chi connectivity index (χ1) is 14.1. The number of carbonyl (C=O) groups excluding carboxylic acids is 4. The van der Waals surface area contributed by atoms with Gasteiger partial charge in [0, 0.05) is 19.2 Å². The van der Waals surface area contributed by atoms with Crippen LogP contribution in [-0.2, 0) is 25.7 Å². The Labute approximate surface area is 176 Å². The number of carbonyl (C=O) groups is 4. The lowest BCUT2D eigenvalue weighted by Crippen LogP contribution is -2.51. The number of benzene rings is 1. The molecule has 10 heteroatoms. The molecule has 0 heterocycles. The zero-order chi connectivity index (χ0) is 22.7. The van der Waals surface area contributed by atoms with E-state index >= 15 is 0 Å². The van der Waals surface area contributed by atoms with Crippen LogP contribution in [-0.4, -0.2) is 42.4 Å². The van der Waals surface area contributed by atoms with Gasteiger partial charge in [0.2, 0.25) is 11.8 Å². The molecule has 1 rings (SSSR count). The van der Waals surface area contributed by atoms with Gasteiger partial charge in [-0.25, -0.2) is 4.79 Å². The van der Waals surface area contributed by atoms with Crippen LogP contribution in [0.3, 0.4) is 0 Å². The first kappa shape index (κ1) is 24.9. The van der Waals surface area contributed by atoms with Crippen molar-refractivity contribution < 1.29 is 23.9 Å². The lowest BCUT2D eigenvalue weighted by Gasteiger charge is -2.22. The number of urea groups is 1. The predicted octanol–water partition coefficient (Wildman–Crippen LogP) is 0.605. The van der Waals surface area contributed by atoms with E-state index in [0.29, 0.717) is 12.1 Å². The number of hydrogen-bond donors (Lipinski definition) is 5. The molecular weight excluding hydrogens is 390 g/mol. The molecule has 4 amide bonds. The molecule has 0 fully saturated rings. The Bertz CT molecular complexity index is 736. The number of amides is 4. The van der Waals surface area contributed by atoms with Crippen LogP contribution < -0.4 is 27.4 Å². The molecule has 7 N–H and O–H groups in total. The van der Waals surface area contributed by atoms with Gasteiger partial charge < -0.3 is 32.2 Å². The minimum absolute atomic E-state index is 0.0880. The van der Waals surface area contributed by atoms with Crippen LogP contribution >= 0.6 is 0 Å². The largest absolute Gasteiger partial charge is 0.461 e. The van der Waals surface area contributed by atoms with Gasteiger partial charge in [0.25, 0.3) is 0 Å². The van der Waals surface area contributed by atoms with Crippen molar-refractivity contribution in [1.29, 1.82) is 0 Å². The van der Waals surface area contributed by atoms with E-state index < -0.39 is 29.9 Å². The number of ether oxygens (including phenoxy) is 1. The minimum Gasteiger partial charge on any atom is -0.461 e. The molecule has 0 aliphatic heterocycles. The zero-order valence-corrected chi connectivity index (χ0v) is 17.6. The van der Waals surface area contributed by atoms with E-state index in [4.69, 9.17) is 16.2 Å². The molecule has 0 radical (unpaired) electrons. The van der Waals surface area contributed by atoms with Crippen LogP contribution in [0, 0.1) is 5.92 Å². The first-order valence-electron chi connectivity index (χ1n) is 9.72. The van der Waals surface area contributed by atoms with Crippen LogP contribution in [0.1, 0.15) is 39.2 Å². The molecule has 0 bridgehead atoms. The van der Waals surface area contributed by atoms with Gasteiger partial charge in [0.15, 0.2) is 0 Å². The summed E-state index contributed by atoms with van der Waals surface area (Å²) in [5, 5.41) is 7.86. The SMILES string of the molecule is CC(=O)OCc1ccc(NC(=O)[C@H](CCCNC(N)=O)NC(=O)[C@@H](N)C(C)C)cc1. The van der Waals surface area contributed by atoms with E-state index in [9.17, 15) is 19.2 Å². The third kappa shape index (κ3) is 9.37. The molecular formula is C20H31N5O5. The summed E-state index contributed by atoms with van der Waals surface area (Å²) in [6.07, 6.45) is 0.715. The second kappa shape index (κ2) is 12.4. The highest BCUT2D eigenvalue weighted by Gasteiger charge is 2.25. The average Bonchev–Trinajstić information content (AvgIpc) is 2.68. The first-order valence-corrected chi connectivity index (χ1v) is 9.72. The van der Waals surface area contributed by atoms with E-state index in [1.807, 2.05) is 13.8 Å². The Kier molecular flexibility index (Phi) is 10.3. The van der Waals surface area contributed by atoms with Crippen molar-refractivity contribution in [2.75, 3.05) is 11.9 Å². The number of hydrogen-bond acceptors (Lipinski definition) is 6. The van der Waals surface area contributed by atoms with E-state index in [-0.39, 0.29) is 31.5 Å². The van der Waals surface area contributed by atoms with Crippen molar-refractivity contribution in [2.24, 2.45) is 17.4 Å². The van der Waals surface area contributed by atoms with E-state index in [0.717, 1.165) is 5.56 Å². The number of esters is 1.